The standard InChI is InChI=1S/C8H18BNO4.ClH/c1-2-8(10,7(11)12)5-3-4-6-9(13)14;/h13-14H,2-6,10H2,1H3,(H,11,12);1H. The van der Waals surface area contributed by atoms with Gasteiger partial charge in [-0.25, -0.2) is 0 Å². The average molecular weight is 240 g/mol. The SMILES string of the molecule is CCC(N)(CCCCB(O)O)C(=O)O.Cl. The molecule has 0 fully saturated rings. The number of hydrogen-bond acceptors (Lipinski definition) is 4. The van der Waals surface area contributed by atoms with E-state index in [4.69, 9.17) is 20.9 Å². The quantitative estimate of drug-likeness (QED) is 0.376. The van der Waals surface area contributed by atoms with Gasteiger partial charge in [-0.3, -0.25) is 4.79 Å². The highest BCUT2D eigenvalue weighted by Gasteiger charge is 2.30. The molecule has 5 N–H and O–H groups in total. The summed E-state index contributed by atoms with van der Waals surface area (Å²) < 4.78 is 0. The Bertz CT molecular complexity index is 193. The van der Waals surface area contributed by atoms with E-state index in [1.165, 1.54) is 0 Å². The number of carboxylic acids is 1. The van der Waals surface area contributed by atoms with Gasteiger partial charge in [0.25, 0.3) is 0 Å². The molecule has 0 spiro atoms. The van der Waals surface area contributed by atoms with Gasteiger partial charge >= 0.3 is 13.1 Å². The highest BCUT2D eigenvalue weighted by molar-refractivity contribution is 6.40. The van der Waals surface area contributed by atoms with Crippen molar-refractivity contribution < 1.29 is 19.9 Å². The molecule has 0 aromatic rings. The van der Waals surface area contributed by atoms with E-state index in [1.54, 1.807) is 6.92 Å². The number of carboxylic acid groups (broad SMARTS) is 1. The second-order valence-electron chi connectivity index (χ2n) is 3.54. The summed E-state index contributed by atoms with van der Waals surface area (Å²) in [5.74, 6) is -0.996. The normalized spacial score (nSPS) is 13.9. The maximum atomic E-state index is 10.8. The van der Waals surface area contributed by atoms with Gasteiger partial charge in [-0.15, -0.1) is 12.4 Å². The number of unbranched alkanes of at least 4 members (excludes halogenated alkanes) is 1. The van der Waals surface area contributed by atoms with E-state index < -0.39 is 18.6 Å². The van der Waals surface area contributed by atoms with Crippen LogP contribution in [-0.4, -0.2) is 33.8 Å². The lowest BCUT2D eigenvalue weighted by atomic mass is 9.81. The summed E-state index contributed by atoms with van der Waals surface area (Å²) >= 11 is 0. The molecule has 15 heavy (non-hydrogen) atoms. The van der Waals surface area contributed by atoms with Crippen LogP contribution in [0.25, 0.3) is 0 Å². The van der Waals surface area contributed by atoms with E-state index in [1.807, 2.05) is 0 Å². The van der Waals surface area contributed by atoms with Crippen molar-refractivity contribution in [3.8, 4) is 0 Å². The van der Waals surface area contributed by atoms with Crippen molar-refractivity contribution in [1.29, 1.82) is 0 Å². The topological polar surface area (TPSA) is 104 Å². The zero-order valence-electron chi connectivity index (χ0n) is 8.85. The van der Waals surface area contributed by atoms with E-state index in [0.717, 1.165) is 0 Å². The van der Waals surface area contributed by atoms with Gasteiger partial charge in [0, 0.05) is 0 Å². The third-order valence-electron chi connectivity index (χ3n) is 2.39. The van der Waals surface area contributed by atoms with Crippen molar-refractivity contribution in [3.05, 3.63) is 0 Å². The summed E-state index contributed by atoms with van der Waals surface area (Å²) in [7, 11) is -1.31. The second kappa shape index (κ2) is 7.93. The van der Waals surface area contributed by atoms with Crippen LogP contribution in [0.3, 0.4) is 0 Å². The molecule has 0 saturated carbocycles. The molecule has 90 valence electrons. The number of halogens is 1. The van der Waals surface area contributed by atoms with E-state index in [9.17, 15) is 4.79 Å². The van der Waals surface area contributed by atoms with Crippen LogP contribution in [0.5, 0.6) is 0 Å². The van der Waals surface area contributed by atoms with Crippen LogP contribution in [0.4, 0.5) is 0 Å². The molecule has 1 unspecified atom stereocenters. The summed E-state index contributed by atoms with van der Waals surface area (Å²) in [4.78, 5) is 10.8. The molecule has 0 amide bonds. The first-order valence-corrected chi connectivity index (χ1v) is 4.81. The van der Waals surface area contributed by atoms with Gasteiger partial charge in [-0.05, 0) is 19.2 Å². The molecule has 0 aliphatic carbocycles. The molecule has 1 atom stereocenters. The molecular weight excluding hydrogens is 220 g/mol. The van der Waals surface area contributed by atoms with Crippen LogP contribution >= 0.6 is 12.4 Å². The van der Waals surface area contributed by atoms with Crippen molar-refractivity contribution in [2.24, 2.45) is 5.73 Å². The fraction of sp³-hybridized carbons (Fsp3) is 0.875. The van der Waals surface area contributed by atoms with Crippen LogP contribution in [0, 0.1) is 0 Å². The molecule has 7 heteroatoms. The number of rotatable bonds is 7. The lowest BCUT2D eigenvalue weighted by molar-refractivity contribution is -0.143. The second-order valence-corrected chi connectivity index (χ2v) is 3.54. The summed E-state index contributed by atoms with van der Waals surface area (Å²) in [5.41, 5.74) is 4.47. The van der Waals surface area contributed by atoms with Crippen LogP contribution in [0.15, 0.2) is 0 Å². The lowest BCUT2D eigenvalue weighted by Gasteiger charge is -2.22. The monoisotopic (exact) mass is 239 g/mol. The van der Waals surface area contributed by atoms with Crippen molar-refractivity contribution in [3.63, 3.8) is 0 Å². The number of aliphatic carboxylic acids is 1. The average Bonchev–Trinajstić information content (AvgIpc) is 2.11. The Labute approximate surface area is 96.2 Å². The molecule has 0 aliphatic rings. The van der Waals surface area contributed by atoms with Crippen molar-refractivity contribution in [2.45, 2.75) is 44.5 Å². The third kappa shape index (κ3) is 6.73. The van der Waals surface area contributed by atoms with Crippen molar-refractivity contribution in [1.82, 2.24) is 0 Å². The predicted octanol–water partition coefficient (Wildman–Crippen LogP) is 0.243. The number of hydrogen-bond donors (Lipinski definition) is 4. The zero-order valence-corrected chi connectivity index (χ0v) is 9.66. The molecule has 0 saturated heterocycles. The Morgan fingerprint density at radius 1 is 1.40 bits per heavy atom. The smallest absolute Gasteiger partial charge is 0.451 e. The predicted molar refractivity (Wildman–Crippen MR) is 60.9 cm³/mol. The first-order chi connectivity index (χ1) is 6.42. The molecule has 0 bridgehead atoms. The maximum absolute atomic E-state index is 10.8. The van der Waals surface area contributed by atoms with E-state index in [2.05, 4.69) is 0 Å². The van der Waals surface area contributed by atoms with Gasteiger partial charge in [-0.1, -0.05) is 19.8 Å². The summed E-state index contributed by atoms with van der Waals surface area (Å²) in [6.07, 6.45) is 2.17. The summed E-state index contributed by atoms with van der Waals surface area (Å²) in [6, 6.07) is 0. The summed E-state index contributed by atoms with van der Waals surface area (Å²) in [6.45, 7) is 1.73. The van der Waals surface area contributed by atoms with Crippen molar-refractivity contribution >= 4 is 25.5 Å². The first-order valence-electron chi connectivity index (χ1n) is 4.81. The molecule has 0 radical (unpaired) electrons. The molecule has 0 aromatic heterocycles. The van der Waals surface area contributed by atoms with Crippen LogP contribution in [0.1, 0.15) is 32.6 Å². The third-order valence-corrected chi connectivity index (χ3v) is 2.39. The van der Waals surface area contributed by atoms with E-state index >= 15 is 0 Å². The number of carbonyl (C=O) groups is 1. The van der Waals surface area contributed by atoms with Crippen LogP contribution in [-0.2, 0) is 4.79 Å². The van der Waals surface area contributed by atoms with Crippen molar-refractivity contribution in [2.75, 3.05) is 0 Å². The molecule has 0 heterocycles. The van der Waals surface area contributed by atoms with Crippen LogP contribution in [0.2, 0.25) is 6.32 Å². The Morgan fingerprint density at radius 2 is 1.93 bits per heavy atom. The molecule has 0 rings (SSSR count). The Kier molecular flexibility index (Phi) is 9.04. The minimum absolute atomic E-state index is 0. The molecular formula is C8H19BClNO4. The van der Waals surface area contributed by atoms with Gasteiger partial charge in [0.15, 0.2) is 0 Å². The minimum atomic E-state index is -1.31. The fourth-order valence-electron chi connectivity index (χ4n) is 1.20. The van der Waals surface area contributed by atoms with E-state index in [-0.39, 0.29) is 18.7 Å². The zero-order chi connectivity index (χ0) is 11.2. The Balaban J connectivity index is 0. The molecule has 5 nitrogen and oxygen atoms in total. The van der Waals surface area contributed by atoms with Gasteiger partial charge in [-0.2, -0.15) is 0 Å². The Morgan fingerprint density at radius 3 is 2.27 bits per heavy atom. The first kappa shape index (κ1) is 17.1. The van der Waals surface area contributed by atoms with Gasteiger partial charge < -0.3 is 20.9 Å². The maximum Gasteiger partial charge on any atom is 0.451 e. The van der Waals surface area contributed by atoms with Gasteiger partial charge in [0.05, 0.1) is 0 Å². The Hall–Kier alpha value is -0.295. The largest absolute Gasteiger partial charge is 0.480 e. The highest BCUT2D eigenvalue weighted by Crippen LogP contribution is 2.16. The van der Waals surface area contributed by atoms with Gasteiger partial charge in [0.2, 0.25) is 0 Å². The molecule has 0 aromatic carbocycles. The summed E-state index contributed by atoms with van der Waals surface area (Å²) in [5, 5.41) is 25.9. The minimum Gasteiger partial charge on any atom is -0.480 e. The number of nitrogens with two attached hydrogens (primary N) is 1. The highest BCUT2D eigenvalue weighted by atomic mass is 35.5. The van der Waals surface area contributed by atoms with Gasteiger partial charge in [0.1, 0.15) is 5.54 Å². The van der Waals surface area contributed by atoms with Crippen LogP contribution < -0.4 is 5.73 Å². The lowest BCUT2D eigenvalue weighted by Crippen LogP contribution is -2.47. The fourth-order valence-corrected chi connectivity index (χ4v) is 1.20. The van der Waals surface area contributed by atoms with E-state index in [0.29, 0.717) is 25.7 Å². The molecule has 0 aliphatic heterocycles.